The van der Waals surface area contributed by atoms with E-state index in [0.29, 0.717) is 18.0 Å². The van der Waals surface area contributed by atoms with Gasteiger partial charge in [-0.15, -0.1) is 22.0 Å². The van der Waals surface area contributed by atoms with Gasteiger partial charge in [0.15, 0.2) is 5.82 Å². The molecule has 2 aromatic heterocycles. The van der Waals surface area contributed by atoms with Crippen LogP contribution in [0.5, 0.6) is 0 Å². The molecule has 9 heteroatoms. The summed E-state index contributed by atoms with van der Waals surface area (Å²) in [5.41, 5.74) is 3.86. The molecular weight excluding hydrogens is 466 g/mol. The summed E-state index contributed by atoms with van der Waals surface area (Å²) in [6, 6.07) is 21.9. The quantitative estimate of drug-likeness (QED) is 0.337. The van der Waals surface area contributed by atoms with E-state index in [1.165, 1.54) is 0 Å². The lowest BCUT2D eigenvalue weighted by molar-refractivity contribution is 0.551. The van der Waals surface area contributed by atoms with Gasteiger partial charge in [0.1, 0.15) is 5.03 Å². The fourth-order valence-electron chi connectivity index (χ4n) is 3.60. The third kappa shape index (κ3) is 5.91. The molecular formula is C25H27N5O2S2. The number of benzene rings is 2. The van der Waals surface area contributed by atoms with Crippen molar-refractivity contribution in [2.24, 2.45) is 0 Å². The highest BCUT2D eigenvalue weighted by Gasteiger charge is 2.21. The summed E-state index contributed by atoms with van der Waals surface area (Å²) in [5, 5.41) is 13.8. The number of aryl methyl sites for hydroxylation is 3. The van der Waals surface area contributed by atoms with Gasteiger partial charge in [-0.3, -0.25) is 0 Å². The minimum Gasteiger partial charge on any atom is -0.218 e. The molecule has 0 radical (unpaired) electrons. The molecule has 1 atom stereocenters. The first kappa shape index (κ1) is 24.1. The smallest absolute Gasteiger partial charge is 0.218 e. The van der Waals surface area contributed by atoms with Gasteiger partial charge in [-0.25, -0.2) is 17.8 Å². The number of aromatic nitrogens is 4. The number of nitrogens with one attached hydrogen (secondary N) is 1. The fourth-order valence-corrected chi connectivity index (χ4v) is 5.68. The maximum Gasteiger partial charge on any atom is 0.241 e. The van der Waals surface area contributed by atoms with Gasteiger partial charge in [0.25, 0.3) is 0 Å². The highest BCUT2D eigenvalue weighted by molar-refractivity contribution is 7.99. The van der Waals surface area contributed by atoms with E-state index in [1.807, 2.05) is 69.3 Å². The fraction of sp³-hybridized carbons (Fsp3) is 0.240. The Labute approximate surface area is 204 Å². The van der Waals surface area contributed by atoms with Gasteiger partial charge in [0.05, 0.1) is 10.6 Å². The molecule has 2 heterocycles. The highest BCUT2D eigenvalue weighted by Crippen LogP contribution is 2.25. The first-order valence-corrected chi connectivity index (χ1v) is 13.4. The van der Waals surface area contributed by atoms with Gasteiger partial charge in [-0.1, -0.05) is 48.0 Å². The van der Waals surface area contributed by atoms with Gasteiger partial charge in [-0.2, -0.15) is 5.10 Å². The predicted molar refractivity (Wildman–Crippen MR) is 135 cm³/mol. The number of nitrogens with zero attached hydrogens (tertiary/aromatic N) is 4. The molecule has 0 aliphatic rings. The molecule has 176 valence electrons. The maximum absolute atomic E-state index is 13.0. The van der Waals surface area contributed by atoms with Crippen molar-refractivity contribution in [2.75, 3.05) is 5.75 Å². The SMILES string of the molecule is Cc1ccc(S(=O)(=O)NC(CCSc2ccc(-n3nc(C)cc3C)nn2)c2ccccc2)cc1. The Kier molecular flexibility index (Phi) is 7.45. The Hall–Kier alpha value is -3.01. The molecule has 0 saturated heterocycles. The lowest BCUT2D eigenvalue weighted by Crippen LogP contribution is -2.29. The summed E-state index contributed by atoms with van der Waals surface area (Å²) >= 11 is 1.54. The number of rotatable bonds is 9. The Balaban J connectivity index is 1.44. The summed E-state index contributed by atoms with van der Waals surface area (Å²) in [6.07, 6.45) is 0.598. The van der Waals surface area contributed by atoms with E-state index in [1.54, 1.807) is 40.7 Å². The molecule has 7 nitrogen and oxygen atoms in total. The second-order valence-corrected chi connectivity index (χ2v) is 10.9. The standard InChI is InChI=1S/C25H27N5O2S2/c1-18-9-11-22(12-10-18)34(31,32)29-23(21-7-5-4-6-8-21)15-16-33-25-14-13-24(26-27-25)30-20(3)17-19(2)28-30/h4-14,17,23,29H,15-16H2,1-3H3. The molecule has 0 spiro atoms. The molecule has 34 heavy (non-hydrogen) atoms. The molecule has 1 N–H and O–H groups in total. The van der Waals surface area contributed by atoms with E-state index < -0.39 is 10.0 Å². The molecule has 0 aliphatic carbocycles. The van der Waals surface area contributed by atoms with Gasteiger partial charge in [-0.05, 0) is 63.1 Å². The van der Waals surface area contributed by atoms with Crippen molar-refractivity contribution in [2.45, 2.75) is 43.2 Å². The van der Waals surface area contributed by atoms with Crippen molar-refractivity contribution in [3.05, 3.63) is 95.3 Å². The lowest BCUT2D eigenvalue weighted by Gasteiger charge is -2.19. The molecule has 0 bridgehead atoms. The maximum atomic E-state index is 13.0. The number of hydrogen-bond acceptors (Lipinski definition) is 6. The summed E-state index contributed by atoms with van der Waals surface area (Å²) < 4.78 is 30.7. The van der Waals surface area contributed by atoms with Crippen LogP contribution >= 0.6 is 11.8 Å². The molecule has 1 unspecified atom stereocenters. The molecule has 0 saturated carbocycles. The van der Waals surface area contributed by atoms with E-state index in [2.05, 4.69) is 20.0 Å². The van der Waals surface area contributed by atoms with Gasteiger partial charge >= 0.3 is 0 Å². The van der Waals surface area contributed by atoms with Crippen LogP contribution in [-0.4, -0.2) is 34.1 Å². The number of sulfonamides is 1. The third-order valence-electron chi connectivity index (χ3n) is 5.34. The van der Waals surface area contributed by atoms with Crippen molar-refractivity contribution in [3.63, 3.8) is 0 Å². The third-order valence-corrected chi connectivity index (χ3v) is 7.78. The van der Waals surface area contributed by atoms with Crippen LogP contribution in [0, 0.1) is 20.8 Å². The normalized spacial score (nSPS) is 12.6. The Morgan fingerprint density at radius 3 is 2.29 bits per heavy atom. The number of thioether (sulfide) groups is 1. The Morgan fingerprint density at radius 1 is 0.941 bits per heavy atom. The first-order chi connectivity index (χ1) is 16.3. The van der Waals surface area contributed by atoms with Crippen LogP contribution in [0.4, 0.5) is 0 Å². The molecule has 0 fully saturated rings. The van der Waals surface area contributed by atoms with Crippen molar-refractivity contribution >= 4 is 21.8 Å². The summed E-state index contributed by atoms with van der Waals surface area (Å²) in [7, 11) is -3.65. The topological polar surface area (TPSA) is 89.8 Å². The predicted octanol–water partition coefficient (Wildman–Crippen LogP) is 4.79. The zero-order valence-corrected chi connectivity index (χ0v) is 21.0. The van der Waals surface area contributed by atoms with Crippen LogP contribution in [0.1, 0.15) is 35.0 Å². The van der Waals surface area contributed by atoms with Crippen molar-refractivity contribution in [1.82, 2.24) is 24.7 Å². The van der Waals surface area contributed by atoms with Crippen LogP contribution in [0.15, 0.2) is 82.7 Å². The van der Waals surface area contributed by atoms with Crippen molar-refractivity contribution in [1.29, 1.82) is 0 Å². The van der Waals surface area contributed by atoms with Crippen LogP contribution in [0.3, 0.4) is 0 Å². The van der Waals surface area contributed by atoms with Gasteiger partial charge in [0.2, 0.25) is 10.0 Å². The minimum absolute atomic E-state index is 0.261. The van der Waals surface area contributed by atoms with Crippen LogP contribution in [0.25, 0.3) is 5.82 Å². The highest BCUT2D eigenvalue weighted by atomic mass is 32.2. The van der Waals surface area contributed by atoms with E-state index in [9.17, 15) is 8.42 Å². The number of hydrogen-bond donors (Lipinski definition) is 1. The summed E-state index contributed by atoms with van der Waals surface area (Å²) in [4.78, 5) is 0.261. The summed E-state index contributed by atoms with van der Waals surface area (Å²) in [6.45, 7) is 5.85. The largest absolute Gasteiger partial charge is 0.241 e. The van der Waals surface area contributed by atoms with Crippen molar-refractivity contribution < 1.29 is 8.42 Å². The molecule has 4 rings (SSSR count). The lowest BCUT2D eigenvalue weighted by atomic mass is 10.1. The second-order valence-electron chi connectivity index (χ2n) is 8.10. The second kappa shape index (κ2) is 10.5. The summed E-state index contributed by atoms with van der Waals surface area (Å²) in [5.74, 6) is 1.34. The van der Waals surface area contributed by atoms with Gasteiger partial charge < -0.3 is 0 Å². The molecule has 4 aromatic rings. The van der Waals surface area contributed by atoms with Crippen molar-refractivity contribution in [3.8, 4) is 5.82 Å². The Bertz CT molecular complexity index is 1340. The van der Waals surface area contributed by atoms with Crippen LogP contribution in [0.2, 0.25) is 0 Å². The van der Waals surface area contributed by atoms with Crippen LogP contribution in [-0.2, 0) is 10.0 Å². The zero-order valence-electron chi connectivity index (χ0n) is 19.3. The average Bonchev–Trinajstić information content (AvgIpc) is 3.17. The van der Waals surface area contributed by atoms with E-state index >= 15 is 0 Å². The molecule has 2 aromatic carbocycles. The zero-order chi connectivity index (χ0) is 24.1. The minimum atomic E-state index is -3.65. The van der Waals surface area contributed by atoms with E-state index in [0.717, 1.165) is 27.5 Å². The Morgan fingerprint density at radius 2 is 1.68 bits per heavy atom. The van der Waals surface area contributed by atoms with E-state index in [4.69, 9.17) is 0 Å². The van der Waals surface area contributed by atoms with Gasteiger partial charge in [0, 0.05) is 17.5 Å². The monoisotopic (exact) mass is 493 g/mol. The van der Waals surface area contributed by atoms with E-state index in [-0.39, 0.29) is 10.9 Å². The van der Waals surface area contributed by atoms with Crippen LogP contribution < -0.4 is 4.72 Å². The first-order valence-electron chi connectivity index (χ1n) is 11.0. The molecule has 0 aliphatic heterocycles. The average molecular weight is 494 g/mol. The molecule has 0 amide bonds.